The van der Waals surface area contributed by atoms with Crippen molar-refractivity contribution in [3.8, 4) is 0 Å². The fourth-order valence-electron chi connectivity index (χ4n) is 0.987. The summed E-state index contributed by atoms with van der Waals surface area (Å²) in [6.45, 7) is 0. The first-order valence-corrected chi connectivity index (χ1v) is 5.92. The van der Waals surface area contributed by atoms with Crippen LogP contribution in [-0.4, -0.2) is 23.0 Å². The van der Waals surface area contributed by atoms with Crippen LogP contribution in [0.3, 0.4) is 0 Å². The number of ether oxygens (including phenoxy) is 1. The molecular formula is C11H12O2S2. The van der Waals surface area contributed by atoms with Crippen LogP contribution in [-0.2, 0) is 9.53 Å². The SMILES string of the molecule is COC(=O)CCSC(=S)c1ccccc1. The Morgan fingerprint density at radius 2 is 2.07 bits per heavy atom. The molecule has 15 heavy (non-hydrogen) atoms. The Balaban J connectivity index is 2.34. The second-order valence-corrected chi connectivity index (χ2v) is 4.60. The Morgan fingerprint density at radius 1 is 1.40 bits per heavy atom. The molecule has 0 amide bonds. The molecule has 0 unspecified atom stereocenters. The van der Waals surface area contributed by atoms with Crippen molar-refractivity contribution in [2.45, 2.75) is 6.42 Å². The quantitative estimate of drug-likeness (QED) is 0.597. The predicted octanol–water partition coefficient (Wildman–Crippen LogP) is 2.66. The molecule has 0 bridgehead atoms. The fourth-order valence-corrected chi connectivity index (χ4v) is 2.13. The number of rotatable bonds is 4. The molecule has 0 heterocycles. The zero-order valence-electron chi connectivity index (χ0n) is 8.43. The second-order valence-electron chi connectivity index (χ2n) is 2.83. The van der Waals surface area contributed by atoms with Gasteiger partial charge in [-0.05, 0) is 5.56 Å². The molecule has 4 heteroatoms. The summed E-state index contributed by atoms with van der Waals surface area (Å²) in [5, 5.41) is 0. The van der Waals surface area contributed by atoms with Crippen LogP contribution in [0, 0.1) is 0 Å². The van der Waals surface area contributed by atoms with Gasteiger partial charge in [0.1, 0.15) is 0 Å². The van der Waals surface area contributed by atoms with E-state index in [-0.39, 0.29) is 5.97 Å². The third kappa shape index (κ3) is 4.44. The van der Waals surface area contributed by atoms with Crippen molar-refractivity contribution in [1.29, 1.82) is 0 Å². The second kappa shape index (κ2) is 6.58. The summed E-state index contributed by atoms with van der Waals surface area (Å²) >= 11 is 6.72. The summed E-state index contributed by atoms with van der Waals surface area (Å²) in [4.78, 5) is 10.9. The molecule has 1 rings (SSSR count). The molecule has 1 aromatic rings. The summed E-state index contributed by atoms with van der Waals surface area (Å²) in [6, 6.07) is 9.77. The minimum absolute atomic E-state index is 0.196. The standard InChI is InChI=1S/C11H12O2S2/c1-13-10(12)7-8-15-11(14)9-5-3-2-4-6-9/h2-6H,7-8H2,1H3. The maximum Gasteiger partial charge on any atom is 0.306 e. The van der Waals surface area contributed by atoms with Crippen LogP contribution in [0.15, 0.2) is 30.3 Å². The first-order chi connectivity index (χ1) is 7.24. The van der Waals surface area contributed by atoms with Gasteiger partial charge in [-0.3, -0.25) is 4.79 Å². The van der Waals surface area contributed by atoms with E-state index in [2.05, 4.69) is 4.74 Å². The first-order valence-electron chi connectivity index (χ1n) is 4.53. The largest absolute Gasteiger partial charge is 0.469 e. The highest BCUT2D eigenvalue weighted by Gasteiger charge is 2.04. The van der Waals surface area contributed by atoms with Gasteiger partial charge in [-0.1, -0.05) is 42.5 Å². The number of thiocarbonyl (C=S) groups is 1. The van der Waals surface area contributed by atoms with Gasteiger partial charge in [0.2, 0.25) is 0 Å². The summed E-state index contributed by atoms with van der Waals surface area (Å²) < 4.78 is 5.36. The van der Waals surface area contributed by atoms with Crippen LogP contribution in [0.5, 0.6) is 0 Å². The monoisotopic (exact) mass is 240 g/mol. The smallest absolute Gasteiger partial charge is 0.306 e. The van der Waals surface area contributed by atoms with Crippen molar-refractivity contribution in [2.24, 2.45) is 0 Å². The molecule has 2 nitrogen and oxygen atoms in total. The van der Waals surface area contributed by atoms with E-state index in [9.17, 15) is 4.79 Å². The predicted molar refractivity (Wildman–Crippen MR) is 67.2 cm³/mol. The topological polar surface area (TPSA) is 26.3 Å². The van der Waals surface area contributed by atoms with Gasteiger partial charge in [0.15, 0.2) is 0 Å². The number of carbonyl (C=O) groups is 1. The lowest BCUT2D eigenvalue weighted by atomic mass is 10.2. The minimum atomic E-state index is -0.196. The lowest BCUT2D eigenvalue weighted by Gasteiger charge is -2.02. The third-order valence-electron chi connectivity index (χ3n) is 1.78. The molecule has 0 aromatic heterocycles. The molecule has 0 aliphatic rings. The van der Waals surface area contributed by atoms with E-state index >= 15 is 0 Å². The van der Waals surface area contributed by atoms with E-state index in [1.54, 1.807) is 0 Å². The third-order valence-corrected chi connectivity index (χ3v) is 3.27. The zero-order valence-corrected chi connectivity index (χ0v) is 10.1. The average molecular weight is 240 g/mol. The highest BCUT2D eigenvalue weighted by molar-refractivity contribution is 8.23. The van der Waals surface area contributed by atoms with Crippen molar-refractivity contribution in [3.63, 3.8) is 0 Å². The maximum absolute atomic E-state index is 10.9. The van der Waals surface area contributed by atoms with Crippen molar-refractivity contribution < 1.29 is 9.53 Å². The Morgan fingerprint density at radius 3 is 2.67 bits per heavy atom. The first kappa shape index (κ1) is 12.2. The summed E-state index contributed by atoms with van der Waals surface area (Å²) in [7, 11) is 1.39. The van der Waals surface area contributed by atoms with Gasteiger partial charge in [-0.2, -0.15) is 0 Å². The Hall–Kier alpha value is -0.870. The van der Waals surface area contributed by atoms with Crippen molar-refractivity contribution in [2.75, 3.05) is 12.9 Å². The van der Waals surface area contributed by atoms with Crippen LogP contribution >= 0.6 is 24.0 Å². The van der Waals surface area contributed by atoms with E-state index in [0.717, 1.165) is 9.76 Å². The van der Waals surface area contributed by atoms with Crippen molar-refractivity contribution in [3.05, 3.63) is 35.9 Å². The molecule has 1 aromatic carbocycles. The number of hydrogen-bond acceptors (Lipinski definition) is 4. The highest BCUT2D eigenvalue weighted by Crippen LogP contribution is 2.14. The number of thioether (sulfide) groups is 1. The number of benzene rings is 1. The average Bonchev–Trinajstić information content (AvgIpc) is 2.29. The molecule has 0 radical (unpaired) electrons. The van der Waals surface area contributed by atoms with Crippen LogP contribution in [0.25, 0.3) is 0 Å². The summed E-state index contributed by atoms with van der Waals surface area (Å²) in [5.74, 6) is 0.471. The molecule has 0 saturated carbocycles. The highest BCUT2D eigenvalue weighted by atomic mass is 32.2. The molecule has 0 aliphatic heterocycles. The molecule has 80 valence electrons. The molecule has 0 N–H and O–H groups in total. The van der Waals surface area contributed by atoms with Crippen molar-refractivity contribution >= 4 is 34.1 Å². The van der Waals surface area contributed by atoms with Crippen LogP contribution < -0.4 is 0 Å². The number of esters is 1. The van der Waals surface area contributed by atoms with Gasteiger partial charge >= 0.3 is 5.97 Å². The van der Waals surface area contributed by atoms with Gasteiger partial charge in [0.25, 0.3) is 0 Å². The molecule has 0 spiro atoms. The minimum Gasteiger partial charge on any atom is -0.469 e. The van der Waals surface area contributed by atoms with E-state index in [1.165, 1.54) is 18.9 Å². The number of carbonyl (C=O) groups excluding carboxylic acids is 1. The van der Waals surface area contributed by atoms with Gasteiger partial charge in [-0.15, -0.1) is 11.8 Å². The Bertz CT molecular complexity index is 336. The van der Waals surface area contributed by atoms with Crippen LogP contribution in [0.2, 0.25) is 0 Å². The van der Waals surface area contributed by atoms with E-state index in [1.807, 2.05) is 30.3 Å². The lowest BCUT2D eigenvalue weighted by molar-refractivity contribution is -0.140. The Kier molecular flexibility index (Phi) is 5.36. The normalized spacial score (nSPS) is 9.67. The van der Waals surface area contributed by atoms with Crippen LogP contribution in [0.1, 0.15) is 12.0 Å². The van der Waals surface area contributed by atoms with E-state index in [4.69, 9.17) is 12.2 Å². The van der Waals surface area contributed by atoms with E-state index < -0.39 is 0 Å². The van der Waals surface area contributed by atoms with Crippen molar-refractivity contribution in [1.82, 2.24) is 0 Å². The molecule has 0 aliphatic carbocycles. The fraction of sp³-hybridized carbons (Fsp3) is 0.273. The van der Waals surface area contributed by atoms with Gasteiger partial charge < -0.3 is 4.74 Å². The number of methoxy groups -OCH3 is 1. The molecule has 0 atom stereocenters. The maximum atomic E-state index is 10.9. The summed E-state index contributed by atoms with van der Waals surface area (Å²) in [5.41, 5.74) is 1.03. The summed E-state index contributed by atoms with van der Waals surface area (Å²) in [6.07, 6.45) is 0.397. The molecule has 0 fully saturated rings. The number of hydrogen-bond donors (Lipinski definition) is 0. The zero-order chi connectivity index (χ0) is 11.1. The molecule has 0 saturated heterocycles. The van der Waals surface area contributed by atoms with Gasteiger partial charge in [-0.25, -0.2) is 0 Å². The van der Waals surface area contributed by atoms with E-state index in [0.29, 0.717) is 12.2 Å². The Labute approximate surface area is 99.0 Å². The lowest BCUT2D eigenvalue weighted by Crippen LogP contribution is -2.02. The van der Waals surface area contributed by atoms with Gasteiger partial charge in [0, 0.05) is 5.75 Å². The van der Waals surface area contributed by atoms with Crippen LogP contribution in [0.4, 0.5) is 0 Å². The van der Waals surface area contributed by atoms with Gasteiger partial charge in [0.05, 0.1) is 17.7 Å². The molecular weight excluding hydrogens is 228 g/mol.